The predicted molar refractivity (Wildman–Crippen MR) is 404 cm³/mol. The summed E-state index contributed by atoms with van der Waals surface area (Å²) in [4.78, 5) is 0. The Bertz CT molecular complexity index is 4500. The van der Waals surface area contributed by atoms with Gasteiger partial charge in [0.25, 0.3) is 0 Å². The number of hydrogen-bond acceptors (Lipinski definition) is 4. The van der Waals surface area contributed by atoms with E-state index in [9.17, 15) is 0 Å². The van der Waals surface area contributed by atoms with Crippen molar-refractivity contribution in [2.75, 3.05) is 5.09 Å². The molecule has 92 heavy (non-hydrogen) atoms. The zero-order valence-electron chi connectivity index (χ0n) is 51.0. The van der Waals surface area contributed by atoms with E-state index in [0.29, 0.717) is 0 Å². The summed E-state index contributed by atoms with van der Waals surface area (Å²) in [6, 6.07) is 135. The van der Waals surface area contributed by atoms with Crippen molar-refractivity contribution in [2.24, 2.45) is 14.2 Å². The number of anilines is 1. The first-order chi connectivity index (χ1) is 45.5. The average molecular weight is 1260 g/mol. The average Bonchev–Trinajstić information content (AvgIpc) is 0.826. The molecule has 0 aliphatic heterocycles. The van der Waals surface area contributed by atoms with Crippen molar-refractivity contribution in [3.63, 3.8) is 0 Å². The van der Waals surface area contributed by atoms with Crippen molar-refractivity contribution in [3.05, 3.63) is 394 Å². The summed E-state index contributed by atoms with van der Waals surface area (Å²) in [5.74, 6) is 0. The number of nitrogens with zero attached hydrogens (tertiary/aromatic N) is 3. The van der Waals surface area contributed by atoms with E-state index in [4.69, 9.17) is 14.2 Å². The standard InChI is InChI=1S/C84H70N4P4/c1-13-37-73(38-14-1)89(74-39-15-2-16-40-74,75-41-17-3-18-42-75)85-69-61-67(62-70(65-69)86-90(76-43-19-4-20-44-76,77-45-21-5-22-46-77)78-47-23-6-24-48-78)68-63-71(87-91(79-49-25-7-26-50-79,80-51-27-8-28-52-80)81-53-29-9-30-54-81)66-72(64-68)88-92(82-55-31-10-32-56-82,83-57-33-11-34-58-83)84-59-35-12-36-60-84/h1-59,61-66,84-85,89H,60H2. The van der Waals surface area contributed by atoms with Crippen molar-refractivity contribution < 1.29 is 0 Å². The molecule has 1 unspecified atom stereocenters. The van der Waals surface area contributed by atoms with Gasteiger partial charge in [0.1, 0.15) is 0 Å². The van der Waals surface area contributed by atoms with Crippen molar-refractivity contribution in [1.82, 2.24) is 0 Å². The Morgan fingerprint density at radius 1 is 0.283 bits per heavy atom. The van der Waals surface area contributed by atoms with E-state index < -0.39 is 28.6 Å². The molecule has 0 fully saturated rings. The number of nitrogens with one attached hydrogen (secondary N) is 1. The predicted octanol–water partition coefficient (Wildman–Crippen LogP) is 18.4. The zero-order valence-corrected chi connectivity index (χ0v) is 54.7. The molecule has 13 aromatic rings. The van der Waals surface area contributed by atoms with E-state index in [0.717, 1.165) is 72.1 Å². The van der Waals surface area contributed by atoms with Gasteiger partial charge in [0.15, 0.2) is 0 Å². The summed E-state index contributed by atoms with van der Waals surface area (Å²) < 4.78 is 19.1. The second kappa shape index (κ2) is 27.4. The molecule has 0 aromatic heterocycles. The second-order valence-electron chi connectivity index (χ2n) is 23.0. The topological polar surface area (TPSA) is 49.1 Å². The van der Waals surface area contributed by atoms with Crippen molar-refractivity contribution in [3.8, 4) is 11.1 Å². The quantitative estimate of drug-likeness (QED) is 0.0855. The van der Waals surface area contributed by atoms with Gasteiger partial charge in [0.2, 0.25) is 0 Å². The summed E-state index contributed by atoms with van der Waals surface area (Å²) in [7, 11) is -11.5. The molecule has 1 aliphatic rings. The molecule has 0 amide bonds. The van der Waals surface area contributed by atoms with Crippen LogP contribution in [0.15, 0.2) is 409 Å². The summed E-state index contributed by atoms with van der Waals surface area (Å²) >= 11 is 0. The number of allylic oxidation sites excluding steroid dienone is 4. The molecule has 0 heterocycles. The van der Waals surface area contributed by atoms with E-state index >= 15 is 0 Å². The Balaban J connectivity index is 1.14. The molecule has 0 bridgehead atoms. The normalized spacial score (nSPS) is 13.4. The van der Waals surface area contributed by atoms with Crippen LogP contribution in [0.3, 0.4) is 0 Å². The number of rotatable bonds is 18. The first kappa shape index (κ1) is 59.9. The van der Waals surface area contributed by atoms with Crippen LogP contribution >= 0.6 is 28.6 Å². The van der Waals surface area contributed by atoms with Gasteiger partial charge in [-0.15, -0.1) is 0 Å². The van der Waals surface area contributed by atoms with Crippen LogP contribution in [-0.4, -0.2) is 5.66 Å². The minimum absolute atomic E-state index is 0.0851. The minimum atomic E-state index is -3.18. The van der Waals surface area contributed by atoms with Crippen molar-refractivity contribution in [2.45, 2.75) is 12.1 Å². The summed E-state index contributed by atoms with van der Waals surface area (Å²) in [6.07, 6.45) is 9.96. The molecule has 1 aliphatic carbocycles. The second-order valence-corrected chi connectivity index (χ2v) is 35.8. The number of hydrogen-bond donors (Lipinski definition) is 1. The van der Waals surface area contributed by atoms with Crippen molar-refractivity contribution in [1.29, 1.82) is 0 Å². The molecule has 446 valence electrons. The Morgan fingerprint density at radius 2 is 0.565 bits per heavy atom. The van der Waals surface area contributed by atoms with Crippen LogP contribution in [0.4, 0.5) is 22.7 Å². The molecule has 1 N–H and O–H groups in total. The molecule has 4 nitrogen and oxygen atoms in total. The molecular formula is C84H70N4P4. The third kappa shape index (κ3) is 11.9. The van der Waals surface area contributed by atoms with Gasteiger partial charge in [-0.25, -0.2) is 0 Å². The van der Waals surface area contributed by atoms with Crippen LogP contribution in [0.2, 0.25) is 0 Å². The maximum absolute atomic E-state index is 6.40. The molecule has 8 heteroatoms. The van der Waals surface area contributed by atoms with Gasteiger partial charge in [-0.3, -0.25) is 0 Å². The van der Waals surface area contributed by atoms with Crippen LogP contribution in [0, 0.1) is 0 Å². The molecule has 1 atom stereocenters. The Hall–Kier alpha value is -9.74. The van der Waals surface area contributed by atoms with E-state index in [-0.39, 0.29) is 5.66 Å². The van der Waals surface area contributed by atoms with Gasteiger partial charge in [-0.2, -0.15) is 0 Å². The third-order valence-electron chi connectivity index (χ3n) is 17.4. The van der Waals surface area contributed by atoms with Crippen LogP contribution < -0.4 is 63.4 Å². The van der Waals surface area contributed by atoms with Crippen molar-refractivity contribution >= 4 is 110 Å². The molecule has 13 aromatic carbocycles. The zero-order chi connectivity index (χ0) is 61.9. The summed E-state index contributed by atoms with van der Waals surface area (Å²) in [5.41, 5.74) is 5.54. The Morgan fingerprint density at radius 3 is 0.880 bits per heavy atom. The number of benzene rings is 13. The first-order valence-electron chi connectivity index (χ1n) is 31.4. The van der Waals surface area contributed by atoms with Gasteiger partial charge >= 0.3 is 510 Å². The molecule has 0 saturated heterocycles. The SMILES string of the molecule is C1=CCC(P(=Nc2cc(N=P(c3ccccc3)(c3ccccc3)c3ccccc3)cc(-c3cc(N=P(c4ccccc4)(c4ccccc4)c4ccccc4)cc(N[PH](c4ccccc4)(c4ccccc4)c4ccccc4)c3)c2)(c2ccccc2)c2ccccc2)C=C1. The van der Waals surface area contributed by atoms with Gasteiger partial charge in [-0.1, -0.05) is 36.4 Å². The molecular weight excluding hydrogens is 1190 g/mol. The summed E-state index contributed by atoms with van der Waals surface area (Å²) in [5, 5.41) is 17.6. The van der Waals surface area contributed by atoms with Crippen LogP contribution in [0.25, 0.3) is 11.1 Å². The molecule has 0 saturated carbocycles. The van der Waals surface area contributed by atoms with E-state index in [1.807, 2.05) is 0 Å². The summed E-state index contributed by atoms with van der Waals surface area (Å²) in [6.45, 7) is 0. The third-order valence-corrected chi connectivity index (χ3v) is 33.1. The van der Waals surface area contributed by atoms with Crippen LogP contribution in [0.5, 0.6) is 0 Å². The fourth-order valence-electron chi connectivity index (χ4n) is 13.3. The van der Waals surface area contributed by atoms with Crippen LogP contribution in [-0.2, 0) is 0 Å². The first-order valence-corrected chi connectivity index (χ1v) is 38.7. The van der Waals surface area contributed by atoms with E-state index in [1.165, 1.54) is 26.5 Å². The van der Waals surface area contributed by atoms with Gasteiger partial charge in [0.05, 0.1) is 0 Å². The van der Waals surface area contributed by atoms with Gasteiger partial charge in [0, 0.05) is 0 Å². The van der Waals surface area contributed by atoms with Gasteiger partial charge < -0.3 is 0 Å². The molecule has 0 spiro atoms. The Kier molecular flexibility index (Phi) is 17.8. The van der Waals surface area contributed by atoms with E-state index in [2.05, 4.69) is 399 Å². The maximum atomic E-state index is 6.40. The fraction of sp³-hybridized carbons (Fsp3) is 0.0238. The molecule has 14 rings (SSSR count). The van der Waals surface area contributed by atoms with Crippen LogP contribution in [0.1, 0.15) is 6.42 Å². The van der Waals surface area contributed by atoms with E-state index in [1.54, 1.807) is 0 Å². The monoisotopic (exact) mass is 1260 g/mol. The van der Waals surface area contributed by atoms with Gasteiger partial charge in [-0.05, 0) is 0 Å². The Labute approximate surface area is 543 Å². The fourth-order valence-corrected chi connectivity index (χ4v) is 28.4. The molecule has 0 radical (unpaired) electrons.